The normalized spacial score (nSPS) is 10.9. The van der Waals surface area contributed by atoms with Gasteiger partial charge in [0.2, 0.25) is 0 Å². The van der Waals surface area contributed by atoms with Crippen LogP contribution in [0.25, 0.3) is 0 Å². The number of nitrogens with zero attached hydrogens (tertiary/aromatic N) is 1. The van der Waals surface area contributed by atoms with E-state index in [4.69, 9.17) is 5.26 Å². The molecule has 0 heterocycles. The predicted molar refractivity (Wildman–Crippen MR) is 34.3 cm³/mol. The molecule has 0 aromatic heterocycles. The van der Waals surface area contributed by atoms with E-state index in [9.17, 15) is 0 Å². The van der Waals surface area contributed by atoms with Crippen molar-refractivity contribution in [1.82, 2.24) is 0 Å². The molecule has 0 N–H and O–H groups in total. The van der Waals surface area contributed by atoms with E-state index in [1.54, 1.807) is 0 Å². The highest BCUT2D eigenvalue weighted by Gasteiger charge is 1.79. The van der Waals surface area contributed by atoms with Crippen molar-refractivity contribution in [2.45, 2.75) is 26.7 Å². The Bertz CT molecular complexity index is 117. The molecule has 0 aliphatic rings. The Labute approximate surface area is 50.6 Å². The van der Waals surface area contributed by atoms with E-state index in [-0.39, 0.29) is 0 Å². The SMILES string of the molecule is CCC/C=C(\C)C#N. The maximum atomic E-state index is 8.24. The van der Waals surface area contributed by atoms with Gasteiger partial charge in [-0.1, -0.05) is 19.4 Å². The predicted octanol–water partition coefficient (Wildman–Crippen LogP) is 2.26. The van der Waals surface area contributed by atoms with Crippen LogP contribution in [0.2, 0.25) is 0 Å². The minimum atomic E-state index is 0.826. The van der Waals surface area contributed by atoms with Crippen LogP contribution in [0.1, 0.15) is 26.7 Å². The van der Waals surface area contributed by atoms with Gasteiger partial charge < -0.3 is 0 Å². The van der Waals surface area contributed by atoms with Crippen LogP contribution >= 0.6 is 0 Å². The molecule has 0 aliphatic carbocycles. The third-order valence-electron chi connectivity index (χ3n) is 0.916. The zero-order chi connectivity index (χ0) is 6.41. The Morgan fingerprint density at radius 3 is 2.75 bits per heavy atom. The summed E-state index contributed by atoms with van der Waals surface area (Å²) >= 11 is 0. The third-order valence-corrected chi connectivity index (χ3v) is 0.916. The second kappa shape index (κ2) is 4.39. The number of hydrogen-bond donors (Lipinski definition) is 0. The van der Waals surface area contributed by atoms with Crippen LogP contribution in [0, 0.1) is 11.3 Å². The first-order valence-electron chi connectivity index (χ1n) is 2.88. The average molecular weight is 109 g/mol. The minimum absolute atomic E-state index is 0.826. The van der Waals surface area contributed by atoms with Crippen molar-refractivity contribution >= 4 is 0 Å². The van der Waals surface area contributed by atoms with Gasteiger partial charge in [-0.25, -0.2) is 0 Å². The molecule has 0 aliphatic heterocycles. The van der Waals surface area contributed by atoms with Crippen LogP contribution < -0.4 is 0 Å². The van der Waals surface area contributed by atoms with E-state index in [1.807, 2.05) is 13.0 Å². The molecule has 0 aromatic carbocycles. The number of rotatable bonds is 2. The van der Waals surface area contributed by atoms with Gasteiger partial charge in [0.25, 0.3) is 0 Å². The molecular formula is C7H11N. The lowest BCUT2D eigenvalue weighted by Crippen LogP contribution is -1.67. The highest BCUT2D eigenvalue weighted by Crippen LogP contribution is 1.94. The minimum Gasteiger partial charge on any atom is -0.193 e. The summed E-state index contributed by atoms with van der Waals surface area (Å²) < 4.78 is 0. The first-order chi connectivity index (χ1) is 3.81. The molecule has 0 radical (unpaired) electrons. The van der Waals surface area contributed by atoms with Crippen LogP contribution in [-0.4, -0.2) is 0 Å². The van der Waals surface area contributed by atoms with Gasteiger partial charge in [-0.2, -0.15) is 5.26 Å². The Morgan fingerprint density at radius 1 is 1.75 bits per heavy atom. The molecule has 0 saturated heterocycles. The third kappa shape index (κ3) is 3.42. The quantitative estimate of drug-likeness (QED) is 0.499. The summed E-state index contributed by atoms with van der Waals surface area (Å²) in [6.07, 6.45) is 4.11. The molecule has 1 heteroatoms. The van der Waals surface area contributed by atoms with Gasteiger partial charge in [-0.05, 0) is 13.3 Å². The molecule has 0 rings (SSSR count). The fraction of sp³-hybridized carbons (Fsp3) is 0.571. The van der Waals surface area contributed by atoms with E-state index in [0.717, 1.165) is 18.4 Å². The maximum absolute atomic E-state index is 8.24. The van der Waals surface area contributed by atoms with E-state index in [0.29, 0.717) is 0 Å². The van der Waals surface area contributed by atoms with E-state index in [2.05, 4.69) is 13.0 Å². The summed E-state index contributed by atoms with van der Waals surface area (Å²) in [5.74, 6) is 0. The second-order valence-electron chi connectivity index (χ2n) is 1.79. The van der Waals surface area contributed by atoms with Crippen molar-refractivity contribution in [3.63, 3.8) is 0 Å². The summed E-state index contributed by atoms with van der Waals surface area (Å²) in [7, 11) is 0. The average Bonchev–Trinajstić information content (AvgIpc) is 1.83. The molecule has 0 bridgehead atoms. The number of unbranched alkanes of at least 4 members (excludes halogenated alkanes) is 1. The van der Waals surface area contributed by atoms with Crippen LogP contribution in [0.4, 0.5) is 0 Å². The summed E-state index contributed by atoms with van der Waals surface area (Å²) in [4.78, 5) is 0. The lowest BCUT2D eigenvalue weighted by molar-refractivity contribution is 0.952. The molecule has 0 saturated carbocycles. The van der Waals surface area contributed by atoms with Crippen molar-refractivity contribution in [3.8, 4) is 6.07 Å². The lowest BCUT2D eigenvalue weighted by Gasteiger charge is -1.82. The molecule has 0 unspecified atom stereocenters. The van der Waals surface area contributed by atoms with Crippen LogP contribution in [-0.2, 0) is 0 Å². The summed E-state index contributed by atoms with van der Waals surface area (Å²) in [5.41, 5.74) is 0.826. The Kier molecular flexibility index (Phi) is 3.97. The zero-order valence-electron chi connectivity index (χ0n) is 5.44. The highest BCUT2D eigenvalue weighted by molar-refractivity contribution is 5.16. The lowest BCUT2D eigenvalue weighted by atomic mass is 10.2. The molecule has 0 aromatic rings. The second-order valence-corrected chi connectivity index (χ2v) is 1.79. The van der Waals surface area contributed by atoms with Crippen molar-refractivity contribution in [3.05, 3.63) is 11.6 Å². The smallest absolute Gasteiger partial charge is 0.0940 e. The highest BCUT2D eigenvalue weighted by atomic mass is 14.2. The van der Waals surface area contributed by atoms with Crippen molar-refractivity contribution in [1.29, 1.82) is 5.26 Å². The monoisotopic (exact) mass is 109 g/mol. The first-order valence-corrected chi connectivity index (χ1v) is 2.88. The molecule has 0 spiro atoms. The molecule has 0 atom stereocenters. The van der Waals surface area contributed by atoms with Crippen LogP contribution in [0.15, 0.2) is 11.6 Å². The van der Waals surface area contributed by atoms with Crippen molar-refractivity contribution in [2.75, 3.05) is 0 Å². The topological polar surface area (TPSA) is 23.8 Å². The van der Waals surface area contributed by atoms with Gasteiger partial charge in [0.15, 0.2) is 0 Å². The molecular weight excluding hydrogens is 98.1 g/mol. The van der Waals surface area contributed by atoms with Gasteiger partial charge in [0, 0.05) is 5.57 Å². The molecule has 0 amide bonds. The maximum Gasteiger partial charge on any atom is 0.0940 e. The molecule has 44 valence electrons. The fourth-order valence-electron chi connectivity index (χ4n) is 0.406. The van der Waals surface area contributed by atoms with Gasteiger partial charge in [-0.3, -0.25) is 0 Å². The largest absolute Gasteiger partial charge is 0.193 e. The van der Waals surface area contributed by atoms with Gasteiger partial charge in [-0.15, -0.1) is 0 Å². The molecule has 0 fully saturated rings. The van der Waals surface area contributed by atoms with E-state index in [1.165, 1.54) is 0 Å². The van der Waals surface area contributed by atoms with E-state index >= 15 is 0 Å². The molecule has 1 nitrogen and oxygen atoms in total. The Balaban J connectivity index is 3.46. The van der Waals surface area contributed by atoms with Gasteiger partial charge in [0.1, 0.15) is 0 Å². The fourth-order valence-corrected chi connectivity index (χ4v) is 0.406. The number of allylic oxidation sites excluding steroid dienone is 2. The van der Waals surface area contributed by atoms with Gasteiger partial charge >= 0.3 is 0 Å². The summed E-state index contributed by atoms with van der Waals surface area (Å²) in [5, 5.41) is 8.24. The number of hydrogen-bond acceptors (Lipinski definition) is 1. The van der Waals surface area contributed by atoms with Crippen LogP contribution in [0.5, 0.6) is 0 Å². The first kappa shape index (κ1) is 7.23. The van der Waals surface area contributed by atoms with Crippen molar-refractivity contribution in [2.24, 2.45) is 0 Å². The Morgan fingerprint density at radius 2 is 2.38 bits per heavy atom. The zero-order valence-corrected chi connectivity index (χ0v) is 5.44. The van der Waals surface area contributed by atoms with E-state index < -0.39 is 0 Å². The Hall–Kier alpha value is -0.770. The molecule has 8 heavy (non-hydrogen) atoms. The van der Waals surface area contributed by atoms with Crippen LogP contribution in [0.3, 0.4) is 0 Å². The van der Waals surface area contributed by atoms with Gasteiger partial charge in [0.05, 0.1) is 6.07 Å². The summed E-state index contributed by atoms with van der Waals surface area (Å²) in [6.45, 7) is 3.93. The standard InChI is InChI=1S/C7H11N/c1-3-4-5-7(2)6-8/h5H,3-4H2,1-2H3/b7-5+. The van der Waals surface area contributed by atoms with Crippen molar-refractivity contribution < 1.29 is 0 Å². The summed E-state index contributed by atoms with van der Waals surface area (Å²) in [6, 6.07) is 2.06. The number of nitriles is 1.